The standard InChI is InChI=1S/C29H45NO2/c1-8-9-19-30(28(31)32-29(5,6)7)26(21-24-13-11-10-12-14-24)17-16-25-20-23(4)15-18-27(25)22(2)3/h8,10-14,16-17,22-23,25-27H,1,9,15,18-21H2,2-7H3/b17-16+/t23-,25?,26-,27+/m1/s1. The van der Waals surface area contributed by atoms with Gasteiger partial charge in [-0.15, -0.1) is 6.58 Å². The molecule has 0 saturated heterocycles. The fraction of sp³-hybridized carbons (Fsp3) is 0.621. The van der Waals surface area contributed by atoms with Crippen molar-refractivity contribution >= 4 is 6.09 Å². The summed E-state index contributed by atoms with van der Waals surface area (Å²) in [4.78, 5) is 15.1. The third kappa shape index (κ3) is 8.48. The van der Waals surface area contributed by atoms with Crippen LogP contribution in [0.3, 0.4) is 0 Å². The van der Waals surface area contributed by atoms with E-state index >= 15 is 0 Å². The molecule has 1 amide bonds. The summed E-state index contributed by atoms with van der Waals surface area (Å²) in [5.74, 6) is 2.71. The molecule has 1 saturated carbocycles. The normalized spacial score (nSPS) is 22.7. The van der Waals surface area contributed by atoms with Gasteiger partial charge in [-0.05, 0) is 75.7 Å². The molecule has 3 heteroatoms. The van der Waals surface area contributed by atoms with E-state index in [1.807, 2.05) is 37.8 Å². The van der Waals surface area contributed by atoms with E-state index in [1.54, 1.807) is 0 Å². The second-order valence-electron chi connectivity index (χ2n) is 10.9. The summed E-state index contributed by atoms with van der Waals surface area (Å²) in [5.41, 5.74) is 0.707. The largest absolute Gasteiger partial charge is 0.444 e. The highest BCUT2D eigenvalue weighted by molar-refractivity contribution is 5.69. The van der Waals surface area contributed by atoms with Gasteiger partial charge in [-0.2, -0.15) is 0 Å². The lowest BCUT2D eigenvalue weighted by molar-refractivity contribution is 0.0202. The average molecular weight is 440 g/mol. The van der Waals surface area contributed by atoms with Gasteiger partial charge in [0, 0.05) is 6.54 Å². The predicted octanol–water partition coefficient (Wildman–Crippen LogP) is 7.68. The van der Waals surface area contributed by atoms with Crippen molar-refractivity contribution in [3.63, 3.8) is 0 Å². The maximum Gasteiger partial charge on any atom is 0.410 e. The number of benzene rings is 1. The van der Waals surface area contributed by atoms with Crippen LogP contribution < -0.4 is 0 Å². The third-order valence-electron chi connectivity index (χ3n) is 6.54. The number of nitrogens with zero attached hydrogens (tertiary/aromatic N) is 1. The van der Waals surface area contributed by atoms with Crippen LogP contribution in [0.25, 0.3) is 0 Å². The van der Waals surface area contributed by atoms with Gasteiger partial charge in [0.05, 0.1) is 6.04 Å². The lowest BCUT2D eigenvalue weighted by atomic mass is 9.70. The summed E-state index contributed by atoms with van der Waals surface area (Å²) in [7, 11) is 0. The van der Waals surface area contributed by atoms with Gasteiger partial charge in [-0.25, -0.2) is 4.79 Å². The van der Waals surface area contributed by atoms with Gasteiger partial charge in [-0.1, -0.05) is 75.8 Å². The average Bonchev–Trinajstić information content (AvgIpc) is 2.71. The second kappa shape index (κ2) is 12.3. The Morgan fingerprint density at radius 2 is 1.91 bits per heavy atom. The molecule has 1 unspecified atom stereocenters. The van der Waals surface area contributed by atoms with E-state index in [0.29, 0.717) is 24.3 Å². The van der Waals surface area contributed by atoms with Crippen LogP contribution in [-0.2, 0) is 11.2 Å². The molecule has 0 bridgehead atoms. The molecule has 1 aliphatic carbocycles. The zero-order valence-electron chi connectivity index (χ0n) is 21.2. The number of hydrogen-bond acceptors (Lipinski definition) is 2. The van der Waals surface area contributed by atoms with Crippen molar-refractivity contribution in [1.29, 1.82) is 0 Å². The smallest absolute Gasteiger partial charge is 0.410 e. The Labute approximate surface area is 196 Å². The first-order valence-corrected chi connectivity index (χ1v) is 12.4. The molecule has 1 aromatic carbocycles. The van der Waals surface area contributed by atoms with Crippen molar-refractivity contribution in [2.75, 3.05) is 6.54 Å². The van der Waals surface area contributed by atoms with Crippen LogP contribution in [0.2, 0.25) is 0 Å². The summed E-state index contributed by atoms with van der Waals surface area (Å²) in [6, 6.07) is 10.4. The Balaban J connectivity index is 2.34. The highest BCUT2D eigenvalue weighted by Gasteiger charge is 2.31. The molecule has 0 radical (unpaired) electrons. The van der Waals surface area contributed by atoms with Gasteiger partial charge < -0.3 is 9.64 Å². The van der Waals surface area contributed by atoms with E-state index in [1.165, 1.54) is 24.8 Å². The van der Waals surface area contributed by atoms with E-state index in [0.717, 1.165) is 18.8 Å². The first-order valence-electron chi connectivity index (χ1n) is 12.4. The van der Waals surface area contributed by atoms with E-state index in [4.69, 9.17) is 4.74 Å². The number of amides is 1. The van der Waals surface area contributed by atoms with Crippen LogP contribution in [-0.4, -0.2) is 29.2 Å². The topological polar surface area (TPSA) is 29.5 Å². The summed E-state index contributed by atoms with van der Waals surface area (Å²) < 4.78 is 5.80. The third-order valence-corrected chi connectivity index (χ3v) is 6.54. The Morgan fingerprint density at radius 1 is 1.22 bits per heavy atom. The van der Waals surface area contributed by atoms with Gasteiger partial charge in [0.15, 0.2) is 0 Å². The molecule has 0 spiro atoms. The van der Waals surface area contributed by atoms with E-state index < -0.39 is 5.60 Å². The Morgan fingerprint density at radius 3 is 2.50 bits per heavy atom. The van der Waals surface area contributed by atoms with Crippen LogP contribution in [0.4, 0.5) is 4.79 Å². The number of carbonyl (C=O) groups is 1. The van der Waals surface area contributed by atoms with Gasteiger partial charge in [0.25, 0.3) is 0 Å². The summed E-state index contributed by atoms with van der Waals surface area (Å²) >= 11 is 0. The molecule has 0 N–H and O–H groups in total. The maximum absolute atomic E-state index is 13.2. The predicted molar refractivity (Wildman–Crippen MR) is 136 cm³/mol. The Bertz CT molecular complexity index is 731. The molecule has 32 heavy (non-hydrogen) atoms. The number of carbonyl (C=O) groups excluding carboxylic acids is 1. The quantitative estimate of drug-likeness (QED) is 0.369. The number of rotatable bonds is 9. The molecule has 0 aliphatic heterocycles. The number of ether oxygens (including phenoxy) is 1. The van der Waals surface area contributed by atoms with Crippen LogP contribution in [0.15, 0.2) is 55.1 Å². The molecule has 1 aromatic rings. The highest BCUT2D eigenvalue weighted by Crippen LogP contribution is 2.39. The van der Waals surface area contributed by atoms with Crippen molar-refractivity contribution < 1.29 is 9.53 Å². The minimum atomic E-state index is -0.522. The lowest BCUT2D eigenvalue weighted by Gasteiger charge is -2.37. The molecule has 1 fully saturated rings. The van der Waals surface area contributed by atoms with Gasteiger partial charge in [-0.3, -0.25) is 0 Å². The number of allylic oxidation sites excluding steroid dienone is 1. The maximum atomic E-state index is 13.2. The van der Waals surface area contributed by atoms with Crippen molar-refractivity contribution in [1.82, 2.24) is 4.90 Å². The van der Waals surface area contributed by atoms with Crippen LogP contribution >= 0.6 is 0 Å². The molecular weight excluding hydrogens is 394 g/mol. The molecule has 0 aromatic heterocycles. The summed E-state index contributed by atoms with van der Waals surface area (Å²) in [6.07, 6.45) is 11.7. The van der Waals surface area contributed by atoms with Crippen molar-refractivity contribution in [2.24, 2.45) is 23.7 Å². The van der Waals surface area contributed by atoms with Gasteiger partial charge in [0.2, 0.25) is 0 Å². The molecular formula is C29H45NO2. The van der Waals surface area contributed by atoms with Crippen LogP contribution in [0.5, 0.6) is 0 Å². The van der Waals surface area contributed by atoms with Gasteiger partial charge in [0.1, 0.15) is 5.60 Å². The minimum Gasteiger partial charge on any atom is -0.444 e. The molecule has 0 heterocycles. The van der Waals surface area contributed by atoms with Crippen molar-refractivity contribution in [3.8, 4) is 0 Å². The lowest BCUT2D eigenvalue weighted by Crippen LogP contribution is -2.44. The fourth-order valence-electron chi connectivity index (χ4n) is 4.85. The minimum absolute atomic E-state index is 0.0442. The molecule has 178 valence electrons. The molecule has 1 aliphatic rings. The second-order valence-corrected chi connectivity index (χ2v) is 10.9. The van der Waals surface area contributed by atoms with E-state index in [9.17, 15) is 4.79 Å². The zero-order chi connectivity index (χ0) is 23.7. The van der Waals surface area contributed by atoms with Crippen molar-refractivity contribution in [2.45, 2.75) is 85.3 Å². The summed E-state index contributed by atoms with van der Waals surface area (Å²) in [5, 5.41) is 0. The number of hydrogen-bond donors (Lipinski definition) is 0. The Kier molecular flexibility index (Phi) is 10.1. The van der Waals surface area contributed by atoms with Crippen LogP contribution in [0.1, 0.15) is 72.8 Å². The Hall–Kier alpha value is -2.03. The van der Waals surface area contributed by atoms with E-state index in [2.05, 4.69) is 63.8 Å². The first kappa shape index (κ1) is 26.2. The van der Waals surface area contributed by atoms with E-state index in [-0.39, 0.29) is 12.1 Å². The zero-order valence-corrected chi connectivity index (χ0v) is 21.2. The molecule has 3 nitrogen and oxygen atoms in total. The monoisotopic (exact) mass is 439 g/mol. The van der Waals surface area contributed by atoms with Gasteiger partial charge >= 0.3 is 6.09 Å². The first-order chi connectivity index (χ1) is 15.1. The summed E-state index contributed by atoms with van der Waals surface area (Å²) in [6.45, 7) is 17.3. The van der Waals surface area contributed by atoms with Crippen LogP contribution in [0, 0.1) is 23.7 Å². The highest BCUT2D eigenvalue weighted by atomic mass is 16.6. The molecule has 2 rings (SSSR count). The van der Waals surface area contributed by atoms with Crippen molar-refractivity contribution in [3.05, 3.63) is 60.7 Å². The fourth-order valence-corrected chi connectivity index (χ4v) is 4.85. The SMILES string of the molecule is C=CCCN(C(=O)OC(C)(C)C)[C@H](/C=C/C1C[C@H](C)CC[C@H]1C(C)C)Cc1ccccc1. The molecule has 4 atom stereocenters.